The van der Waals surface area contributed by atoms with E-state index in [1.807, 2.05) is 37.5 Å². The molecule has 0 spiro atoms. The van der Waals surface area contributed by atoms with Crippen molar-refractivity contribution in [1.29, 1.82) is 0 Å². The van der Waals surface area contributed by atoms with E-state index < -0.39 is 0 Å². The van der Waals surface area contributed by atoms with E-state index >= 15 is 0 Å². The Morgan fingerprint density at radius 3 is 2.79 bits per heavy atom. The number of hydrogen-bond acceptors (Lipinski definition) is 3. The van der Waals surface area contributed by atoms with Crippen molar-refractivity contribution in [3.05, 3.63) is 83.6 Å². The zero-order valence-electron chi connectivity index (χ0n) is 15.3. The summed E-state index contributed by atoms with van der Waals surface area (Å²) < 4.78 is 16.3. The molecule has 0 radical (unpaired) electrons. The summed E-state index contributed by atoms with van der Waals surface area (Å²) in [6, 6.07) is 14.5. The molecular weight excluding hydrogens is 355 g/mol. The highest BCUT2D eigenvalue weighted by Gasteiger charge is 2.28. The topological polar surface area (TPSA) is 51.0 Å². The maximum Gasteiger partial charge on any atom is 0.256 e. The number of pyridine rings is 1. The molecule has 0 N–H and O–H groups in total. The maximum atomic E-state index is 14.5. The second kappa shape index (κ2) is 6.27. The van der Waals surface area contributed by atoms with Crippen LogP contribution in [0.2, 0.25) is 0 Å². The summed E-state index contributed by atoms with van der Waals surface area (Å²) in [4.78, 5) is 18.5. The number of halogens is 1. The number of amides is 1. The maximum absolute atomic E-state index is 14.5. The fourth-order valence-corrected chi connectivity index (χ4v) is 3.71. The number of nitrogens with zero attached hydrogens (tertiary/aromatic N) is 4. The summed E-state index contributed by atoms with van der Waals surface area (Å²) in [7, 11) is 1.88. The lowest BCUT2D eigenvalue weighted by molar-refractivity contribution is 0.0765. The minimum atomic E-state index is -0.320. The van der Waals surface area contributed by atoms with Gasteiger partial charge in [0, 0.05) is 36.9 Å². The van der Waals surface area contributed by atoms with Crippen LogP contribution < -0.4 is 0 Å². The van der Waals surface area contributed by atoms with Gasteiger partial charge in [0.15, 0.2) is 0 Å². The minimum Gasteiger partial charge on any atom is -0.328 e. The van der Waals surface area contributed by atoms with E-state index in [0.29, 0.717) is 17.7 Å². The smallest absolute Gasteiger partial charge is 0.256 e. The largest absolute Gasteiger partial charge is 0.328 e. The van der Waals surface area contributed by atoms with Gasteiger partial charge in [0.2, 0.25) is 0 Å². The van der Waals surface area contributed by atoms with Gasteiger partial charge in [-0.3, -0.25) is 14.5 Å². The van der Waals surface area contributed by atoms with E-state index in [-0.39, 0.29) is 18.3 Å². The van der Waals surface area contributed by atoms with Crippen LogP contribution in [0.3, 0.4) is 0 Å². The van der Waals surface area contributed by atoms with Gasteiger partial charge in [-0.05, 0) is 41.5 Å². The molecule has 5 rings (SSSR count). The van der Waals surface area contributed by atoms with Crippen LogP contribution in [0, 0.1) is 5.82 Å². The van der Waals surface area contributed by atoms with Crippen LogP contribution in [0.5, 0.6) is 0 Å². The van der Waals surface area contributed by atoms with Crippen LogP contribution in [0.1, 0.15) is 21.6 Å². The van der Waals surface area contributed by atoms with Crippen LogP contribution >= 0.6 is 0 Å². The second-order valence-electron chi connectivity index (χ2n) is 7.04. The normalized spacial score (nSPS) is 13.4. The monoisotopic (exact) mass is 372 g/mol. The number of rotatable bonds is 3. The van der Waals surface area contributed by atoms with Crippen molar-refractivity contribution < 1.29 is 9.18 Å². The van der Waals surface area contributed by atoms with Gasteiger partial charge in [-0.2, -0.15) is 5.10 Å². The summed E-state index contributed by atoms with van der Waals surface area (Å²) in [5.74, 6) is -0.429. The molecule has 0 saturated heterocycles. The van der Waals surface area contributed by atoms with Gasteiger partial charge in [-0.25, -0.2) is 4.39 Å². The Balaban J connectivity index is 1.47. The average Bonchev–Trinajstić information content (AvgIpc) is 3.22. The Morgan fingerprint density at radius 1 is 1.11 bits per heavy atom. The van der Waals surface area contributed by atoms with Gasteiger partial charge in [0.05, 0.1) is 23.3 Å². The summed E-state index contributed by atoms with van der Waals surface area (Å²) in [5, 5.41) is 5.50. The lowest BCUT2D eigenvalue weighted by Crippen LogP contribution is -2.23. The van der Waals surface area contributed by atoms with E-state index in [1.165, 1.54) is 6.07 Å². The van der Waals surface area contributed by atoms with Gasteiger partial charge in [0.1, 0.15) is 5.82 Å². The van der Waals surface area contributed by atoms with Crippen LogP contribution in [0.4, 0.5) is 4.39 Å². The fourth-order valence-electron chi connectivity index (χ4n) is 3.71. The van der Waals surface area contributed by atoms with Crippen molar-refractivity contribution in [2.24, 2.45) is 7.05 Å². The molecular formula is C22H17FN4O. The fraction of sp³-hybridized carbons (Fsp3) is 0.136. The van der Waals surface area contributed by atoms with Crippen LogP contribution in [0.15, 0.2) is 60.9 Å². The van der Waals surface area contributed by atoms with Crippen molar-refractivity contribution in [3.63, 3.8) is 0 Å². The Labute approximate surface area is 161 Å². The number of hydrogen-bond donors (Lipinski definition) is 0. The first-order chi connectivity index (χ1) is 13.6. The molecule has 6 heteroatoms. The van der Waals surface area contributed by atoms with E-state index in [0.717, 1.165) is 27.7 Å². The number of aryl methyl sites for hydroxylation is 1. The first kappa shape index (κ1) is 16.6. The zero-order valence-corrected chi connectivity index (χ0v) is 15.3. The van der Waals surface area contributed by atoms with Crippen molar-refractivity contribution in [2.75, 3.05) is 0 Å². The Hall–Kier alpha value is -3.54. The first-order valence-electron chi connectivity index (χ1n) is 9.04. The van der Waals surface area contributed by atoms with Crippen molar-refractivity contribution >= 4 is 16.8 Å². The molecule has 28 heavy (non-hydrogen) atoms. The van der Waals surface area contributed by atoms with Gasteiger partial charge in [0.25, 0.3) is 5.91 Å². The third kappa shape index (κ3) is 2.74. The van der Waals surface area contributed by atoms with Gasteiger partial charge < -0.3 is 4.90 Å². The van der Waals surface area contributed by atoms with Crippen molar-refractivity contribution in [3.8, 4) is 11.1 Å². The molecule has 1 amide bonds. The molecule has 3 heterocycles. The predicted octanol–water partition coefficient (Wildman–Crippen LogP) is 3.93. The number of carbonyl (C=O) groups excluding carboxylic acids is 1. The van der Waals surface area contributed by atoms with Gasteiger partial charge in [-0.15, -0.1) is 0 Å². The molecule has 0 unspecified atom stereocenters. The zero-order chi connectivity index (χ0) is 19.3. The van der Waals surface area contributed by atoms with Crippen LogP contribution in [-0.4, -0.2) is 25.6 Å². The van der Waals surface area contributed by atoms with Gasteiger partial charge >= 0.3 is 0 Å². The highest BCUT2D eigenvalue weighted by Crippen LogP contribution is 2.28. The standard InChI is InChI=1S/C22H17FN4O/c1-26-11-16-5-4-15(10-20(16)25-26)14-6-7-19(23)17(9-14)12-27-13-21-18(22(27)28)3-2-8-24-21/h2-11H,12-13H2,1H3. The molecule has 5 nitrogen and oxygen atoms in total. The summed E-state index contributed by atoms with van der Waals surface area (Å²) in [6.45, 7) is 0.610. The molecule has 138 valence electrons. The number of carbonyl (C=O) groups is 1. The molecule has 1 aliphatic heterocycles. The molecule has 2 aromatic carbocycles. The summed E-state index contributed by atoms with van der Waals surface area (Å²) >= 11 is 0. The summed E-state index contributed by atoms with van der Waals surface area (Å²) in [6.07, 6.45) is 3.63. The average molecular weight is 372 g/mol. The lowest BCUT2D eigenvalue weighted by Gasteiger charge is -2.16. The SMILES string of the molecule is Cn1cc2ccc(-c3ccc(F)c(CN4Cc5ncccc5C4=O)c3)cc2n1. The van der Waals surface area contributed by atoms with Crippen molar-refractivity contribution in [1.82, 2.24) is 19.7 Å². The molecule has 2 aromatic heterocycles. The highest BCUT2D eigenvalue weighted by atomic mass is 19.1. The van der Waals surface area contributed by atoms with Crippen LogP contribution in [0.25, 0.3) is 22.0 Å². The molecule has 0 fully saturated rings. The molecule has 0 saturated carbocycles. The second-order valence-corrected chi connectivity index (χ2v) is 7.04. The van der Waals surface area contributed by atoms with Gasteiger partial charge in [-0.1, -0.05) is 18.2 Å². The first-order valence-corrected chi connectivity index (χ1v) is 9.04. The minimum absolute atomic E-state index is 0.109. The predicted molar refractivity (Wildman–Crippen MR) is 104 cm³/mol. The molecule has 0 bridgehead atoms. The number of aromatic nitrogens is 3. The van der Waals surface area contributed by atoms with E-state index in [1.54, 1.807) is 34.0 Å². The quantitative estimate of drug-likeness (QED) is 0.548. The molecule has 0 atom stereocenters. The third-order valence-electron chi connectivity index (χ3n) is 5.11. The van der Waals surface area contributed by atoms with E-state index in [4.69, 9.17) is 0 Å². The number of benzene rings is 2. The third-order valence-corrected chi connectivity index (χ3v) is 5.11. The van der Waals surface area contributed by atoms with E-state index in [2.05, 4.69) is 10.1 Å². The molecule has 0 aliphatic carbocycles. The van der Waals surface area contributed by atoms with E-state index in [9.17, 15) is 9.18 Å². The Kier molecular flexibility index (Phi) is 3.72. The molecule has 1 aliphatic rings. The van der Waals surface area contributed by atoms with Crippen molar-refractivity contribution in [2.45, 2.75) is 13.1 Å². The van der Waals surface area contributed by atoms with Crippen LogP contribution in [-0.2, 0) is 20.1 Å². The summed E-state index contributed by atoms with van der Waals surface area (Å²) in [5.41, 5.74) is 4.57. The number of fused-ring (bicyclic) bond motifs is 2. The Bertz CT molecular complexity index is 1230. The lowest BCUT2D eigenvalue weighted by atomic mass is 10.0. The highest BCUT2D eigenvalue weighted by molar-refractivity contribution is 5.97. The Morgan fingerprint density at radius 2 is 1.93 bits per heavy atom. The molecule has 4 aromatic rings.